The highest BCUT2D eigenvalue weighted by Gasteiger charge is 2.21. The van der Waals surface area contributed by atoms with Crippen LogP contribution in [0.2, 0.25) is 0 Å². The van der Waals surface area contributed by atoms with Crippen molar-refractivity contribution in [1.29, 1.82) is 0 Å². The minimum absolute atomic E-state index is 0.387. The van der Waals surface area contributed by atoms with Gasteiger partial charge in [0.25, 0.3) is 0 Å². The number of rotatable bonds is 5. The number of anilines is 2. The van der Waals surface area contributed by atoms with E-state index in [0.717, 1.165) is 56.7 Å². The summed E-state index contributed by atoms with van der Waals surface area (Å²) in [5.74, 6) is 2.86. The predicted octanol–water partition coefficient (Wildman–Crippen LogP) is 3.53. The molecule has 2 fully saturated rings. The average Bonchev–Trinajstić information content (AvgIpc) is 3.01. The number of piperidine rings is 1. The first-order chi connectivity index (χ1) is 12.9. The van der Waals surface area contributed by atoms with Crippen molar-refractivity contribution >= 4 is 11.8 Å². The highest BCUT2D eigenvalue weighted by atomic mass is 16.3. The summed E-state index contributed by atoms with van der Waals surface area (Å²) < 4.78 is 5.49. The second-order valence-electron chi connectivity index (χ2n) is 7.44. The molecule has 26 heavy (non-hydrogen) atoms. The van der Waals surface area contributed by atoms with Gasteiger partial charge in [0.2, 0.25) is 5.95 Å². The van der Waals surface area contributed by atoms with Crippen molar-refractivity contribution in [3.63, 3.8) is 0 Å². The topological polar surface area (TPSA) is 57.4 Å². The van der Waals surface area contributed by atoms with E-state index in [1.807, 2.05) is 24.4 Å². The maximum atomic E-state index is 5.49. The van der Waals surface area contributed by atoms with E-state index in [2.05, 4.69) is 20.1 Å². The zero-order valence-electron chi connectivity index (χ0n) is 15.4. The van der Waals surface area contributed by atoms with Crippen LogP contribution < -0.4 is 10.2 Å². The molecule has 2 aliphatic rings. The summed E-state index contributed by atoms with van der Waals surface area (Å²) in [5.41, 5.74) is 0. The molecule has 2 saturated heterocycles. The van der Waals surface area contributed by atoms with E-state index in [4.69, 9.17) is 9.40 Å². The van der Waals surface area contributed by atoms with Crippen LogP contribution in [-0.4, -0.2) is 47.1 Å². The van der Waals surface area contributed by atoms with Gasteiger partial charge in [-0.2, -0.15) is 4.98 Å². The summed E-state index contributed by atoms with van der Waals surface area (Å²) >= 11 is 0. The van der Waals surface area contributed by atoms with Crippen molar-refractivity contribution in [3.05, 3.63) is 36.4 Å². The zero-order valence-corrected chi connectivity index (χ0v) is 15.4. The number of likely N-dealkylation sites (tertiary alicyclic amines) is 1. The van der Waals surface area contributed by atoms with Gasteiger partial charge in [-0.15, -0.1) is 0 Å². The maximum absolute atomic E-state index is 5.49. The molecule has 0 bridgehead atoms. The first kappa shape index (κ1) is 17.3. The Hall–Kier alpha value is -2.08. The molecule has 1 N–H and O–H groups in total. The molecule has 2 aromatic rings. The normalized spacial score (nSPS) is 22.2. The van der Waals surface area contributed by atoms with Crippen LogP contribution in [0.4, 0.5) is 11.8 Å². The second-order valence-corrected chi connectivity index (χ2v) is 7.44. The van der Waals surface area contributed by atoms with Gasteiger partial charge in [-0.3, -0.25) is 4.90 Å². The SMILES string of the molecule is c1coc(CN2CCCC(Nc3nccc(N4CCCCCC4)n3)C2)c1. The highest BCUT2D eigenvalue weighted by molar-refractivity contribution is 5.43. The Bertz CT molecular complexity index is 667. The van der Waals surface area contributed by atoms with Crippen molar-refractivity contribution in [2.24, 2.45) is 0 Å². The fourth-order valence-corrected chi connectivity index (χ4v) is 4.02. The molecule has 1 unspecified atom stereocenters. The van der Waals surface area contributed by atoms with Crippen LogP contribution in [0.15, 0.2) is 35.1 Å². The van der Waals surface area contributed by atoms with E-state index in [1.165, 1.54) is 32.1 Å². The van der Waals surface area contributed by atoms with E-state index in [9.17, 15) is 0 Å². The van der Waals surface area contributed by atoms with Crippen LogP contribution in [-0.2, 0) is 6.54 Å². The lowest BCUT2D eigenvalue weighted by molar-refractivity contribution is 0.194. The summed E-state index contributed by atoms with van der Waals surface area (Å²) in [6.07, 6.45) is 11.2. The quantitative estimate of drug-likeness (QED) is 0.885. The maximum Gasteiger partial charge on any atom is 0.224 e. The molecule has 6 heteroatoms. The van der Waals surface area contributed by atoms with E-state index in [1.54, 1.807) is 6.26 Å². The Morgan fingerprint density at radius 3 is 2.77 bits per heavy atom. The van der Waals surface area contributed by atoms with Crippen LogP contribution in [0.3, 0.4) is 0 Å². The molecule has 0 spiro atoms. The van der Waals surface area contributed by atoms with Crippen molar-refractivity contribution in [3.8, 4) is 0 Å². The summed E-state index contributed by atoms with van der Waals surface area (Å²) in [5, 5.41) is 3.56. The third kappa shape index (κ3) is 4.55. The van der Waals surface area contributed by atoms with Crippen LogP contribution >= 0.6 is 0 Å². The Morgan fingerprint density at radius 2 is 1.96 bits per heavy atom. The van der Waals surface area contributed by atoms with Crippen molar-refractivity contribution in [2.45, 2.75) is 51.1 Å². The van der Waals surface area contributed by atoms with E-state index >= 15 is 0 Å². The van der Waals surface area contributed by atoms with Gasteiger partial charge >= 0.3 is 0 Å². The number of nitrogens with one attached hydrogen (secondary N) is 1. The Balaban J connectivity index is 1.36. The molecule has 1 atom stereocenters. The van der Waals surface area contributed by atoms with Crippen molar-refractivity contribution in [1.82, 2.24) is 14.9 Å². The van der Waals surface area contributed by atoms with Crippen LogP contribution in [0, 0.1) is 0 Å². The third-order valence-corrected chi connectivity index (χ3v) is 5.37. The molecule has 2 aliphatic heterocycles. The molecule has 0 saturated carbocycles. The van der Waals surface area contributed by atoms with Gasteiger partial charge in [-0.1, -0.05) is 12.8 Å². The van der Waals surface area contributed by atoms with Crippen LogP contribution in [0.25, 0.3) is 0 Å². The molecule has 6 nitrogen and oxygen atoms in total. The molecule has 0 aliphatic carbocycles. The molecule has 0 radical (unpaired) electrons. The van der Waals surface area contributed by atoms with E-state index < -0.39 is 0 Å². The summed E-state index contributed by atoms with van der Waals surface area (Å²) in [4.78, 5) is 14.1. The molecular formula is C20H29N5O. The lowest BCUT2D eigenvalue weighted by Crippen LogP contribution is -2.41. The molecule has 0 amide bonds. The first-order valence-electron chi connectivity index (χ1n) is 9.96. The van der Waals surface area contributed by atoms with Gasteiger partial charge in [0.1, 0.15) is 11.6 Å². The molecule has 140 valence electrons. The van der Waals surface area contributed by atoms with Gasteiger partial charge in [-0.25, -0.2) is 4.98 Å². The number of hydrogen-bond donors (Lipinski definition) is 1. The van der Waals surface area contributed by atoms with Crippen LogP contribution in [0.5, 0.6) is 0 Å². The zero-order chi connectivity index (χ0) is 17.6. The second kappa shape index (κ2) is 8.54. The lowest BCUT2D eigenvalue weighted by Gasteiger charge is -2.32. The molecular weight excluding hydrogens is 326 g/mol. The minimum atomic E-state index is 0.387. The largest absolute Gasteiger partial charge is 0.468 e. The molecule has 4 rings (SSSR count). The summed E-state index contributed by atoms with van der Waals surface area (Å²) in [6.45, 7) is 5.21. The highest BCUT2D eigenvalue weighted by Crippen LogP contribution is 2.20. The monoisotopic (exact) mass is 355 g/mol. The number of aromatic nitrogens is 2. The van der Waals surface area contributed by atoms with E-state index in [0.29, 0.717) is 6.04 Å². The van der Waals surface area contributed by atoms with Crippen molar-refractivity contribution in [2.75, 3.05) is 36.4 Å². The molecule has 4 heterocycles. The third-order valence-electron chi connectivity index (χ3n) is 5.37. The van der Waals surface area contributed by atoms with Crippen molar-refractivity contribution < 1.29 is 4.42 Å². The van der Waals surface area contributed by atoms with Gasteiger partial charge in [0, 0.05) is 31.9 Å². The Morgan fingerprint density at radius 1 is 1.08 bits per heavy atom. The Kier molecular flexibility index (Phi) is 5.69. The fourth-order valence-electron chi connectivity index (χ4n) is 4.02. The predicted molar refractivity (Wildman–Crippen MR) is 103 cm³/mol. The summed E-state index contributed by atoms with van der Waals surface area (Å²) in [6, 6.07) is 6.43. The number of furan rings is 1. The standard InChI is InChI=1S/C20H29N5O/c1-2-4-13-25(12-3-1)19-9-10-21-20(23-19)22-17-7-5-11-24(15-17)16-18-8-6-14-26-18/h6,8-10,14,17H,1-5,7,11-13,15-16H2,(H,21,22,23). The lowest BCUT2D eigenvalue weighted by atomic mass is 10.1. The molecule has 0 aromatic carbocycles. The first-order valence-corrected chi connectivity index (χ1v) is 9.96. The fraction of sp³-hybridized carbons (Fsp3) is 0.600. The Labute approximate surface area is 155 Å². The van der Waals surface area contributed by atoms with Gasteiger partial charge in [0.15, 0.2) is 0 Å². The minimum Gasteiger partial charge on any atom is -0.468 e. The molecule has 2 aromatic heterocycles. The number of hydrogen-bond acceptors (Lipinski definition) is 6. The van der Waals surface area contributed by atoms with Gasteiger partial charge in [-0.05, 0) is 50.4 Å². The van der Waals surface area contributed by atoms with Gasteiger partial charge in [0.05, 0.1) is 12.8 Å². The number of nitrogens with zero attached hydrogens (tertiary/aromatic N) is 4. The van der Waals surface area contributed by atoms with E-state index in [-0.39, 0.29) is 0 Å². The van der Waals surface area contributed by atoms with Crippen LogP contribution in [0.1, 0.15) is 44.3 Å². The summed E-state index contributed by atoms with van der Waals surface area (Å²) in [7, 11) is 0. The average molecular weight is 355 g/mol. The van der Waals surface area contributed by atoms with Gasteiger partial charge < -0.3 is 14.6 Å². The smallest absolute Gasteiger partial charge is 0.224 e.